The Hall–Kier alpha value is -2.02. The molecule has 0 aromatic carbocycles. The number of nitrogens with one attached hydrogen (secondary N) is 1. The molecular weight excluding hydrogens is 322 g/mol. The second-order valence-electron chi connectivity index (χ2n) is 5.97. The first-order valence-electron chi connectivity index (χ1n) is 8.97. The number of esters is 1. The van der Waals surface area contributed by atoms with Crippen LogP contribution in [0.1, 0.15) is 31.9 Å². The summed E-state index contributed by atoms with van der Waals surface area (Å²) in [5.74, 6) is 1.67. The number of nitrogens with zero attached hydrogens (tertiary/aromatic N) is 2. The van der Waals surface area contributed by atoms with Crippen molar-refractivity contribution in [3.63, 3.8) is 0 Å². The summed E-state index contributed by atoms with van der Waals surface area (Å²) in [7, 11) is 1.78. The zero-order valence-electron chi connectivity index (χ0n) is 15.2. The van der Waals surface area contributed by atoms with Crippen LogP contribution in [0.15, 0.2) is 27.8 Å². The van der Waals surface area contributed by atoms with Crippen LogP contribution in [0.3, 0.4) is 0 Å². The predicted octanol–water partition coefficient (Wildman–Crippen LogP) is 2.04. The molecule has 25 heavy (non-hydrogen) atoms. The molecule has 0 unspecified atom stereocenters. The van der Waals surface area contributed by atoms with Gasteiger partial charge in [0.2, 0.25) is 0 Å². The van der Waals surface area contributed by atoms with Crippen LogP contribution in [0.2, 0.25) is 0 Å². The summed E-state index contributed by atoms with van der Waals surface area (Å²) in [6.45, 7) is 5.89. The zero-order chi connectivity index (χ0) is 17.9. The number of ether oxygens (including phenoxy) is 2. The van der Waals surface area contributed by atoms with Crippen molar-refractivity contribution < 1.29 is 18.7 Å². The maximum absolute atomic E-state index is 11.8. The number of piperidine rings is 1. The number of carbonyl (C=O) groups is 1. The maximum Gasteiger partial charge on any atom is 0.309 e. The van der Waals surface area contributed by atoms with Crippen LogP contribution in [0.5, 0.6) is 0 Å². The molecule has 0 aliphatic carbocycles. The van der Waals surface area contributed by atoms with Gasteiger partial charge >= 0.3 is 5.97 Å². The van der Waals surface area contributed by atoms with E-state index in [1.807, 2.05) is 19.1 Å². The van der Waals surface area contributed by atoms with Crippen LogP contribution in [-0.2, 0) is 20.9 Å². The number of likely N-dealkylation sites (tertiary alicyclic amines) is 1. The molecule has 2 rings (SSSR count). The van der Waals surface area contributed by atoms with E-state index < -0.39 is 0 Å². The standard InChI is InChI=1S/C18H29N3O4/c1-3-24-17(22)15-7-10-21(11-8-15)18(19-2)20-9-5-12-23-14-16-6-4-13-25-16/h4,6,13,15H,3,5,7-12,14H2,1-2H3,(H,19,20). The third-order valence-electron chi connectivity index (χ3n) is 4.20. The van der Waals surface area contributed by atoms with E-state index in [1.165, 1.54) is 0 Å². The fourth-order valence-electron chi connectivity index (χ4n) is 2.86. The van der Waals surface area contributed by atoms with Gasteiger partial charge in [-0.3, -0.25) is 9.79 Å². The van der Waals surface area contributed by atoms with E-state index in [2.05, 4.69) is 15.2 Å². The molecule has 140 valence electrons. The van der Waals surface area contributed by atoms with Crippen molar-refractivity contribution in [1.82, 2.24) is 10.2 Å². The van der Waals surface area contributed by atoms with Crippen molar-refractivity contribution in [3.05, 3.63) is 24.2 Å². The zero-order valence-corrected chi connectivity index (χ0v) is 15.2. The molecule has 0 bridgehead atoms. The lowest BCUT2D eigenvalue weighted by Crippen LogP contribution is -2.47. The van der Waals surface area contributed by atoms with E-state index in [0.29, 0.717) is 19.8 Å². The van der Waals surface area contributed by atoms with E-state index in [9.17, 15) is 4.79 Å². The van der Waals surface area contributed by atoms with Crippen molar-refractivity contribution in [2.45, 2.75) is 32.8 Å². The van der Waals surface area contributed by atoms with Crippen molar-refractivity contribution in [2.24, 2.45) is 10.9 Å². The number of hydrogen-bond acceptors (Lipinski definition) is 5. The fourth-order valence-corrected chi connectivity index (χ4v) is 2.86. The molecule has 1 aliphatic rings. The summed E-state index contributed by atoms with van der Waals surface area (Å²) in [6.07, 6.45) is 4.16. The van der Waals surface area contributed by atoms with E-state index >= 15 is 0 Å². The first-order valence-corrected chi connectivity index (χ1v) is 8.97. The predicted molar refractivity (Wildman–Crippen MR) is 95.3 cm³/mol. The normalized spacial score (nSPS) is 16.1. The molecule has 0 amide bonds. The molecule has 7 nitrogen and oxygen atoms in total. The molecule has 7 heteroatoms. The van der Waals surface area contributed by atoms with Gasteiger partial charge in [-0.2, -0.15) is 0 Å². The van der Waals surface area contributed by atoms with Crippen molar-refractivity contribution >= 4 is 11.9 Å². The Morgan fingerprint density at radius 2 is 2.24 bits per heavy atom. The van der Waals surface area contributed by atoms with Crippen LogP contribution in [-0.4, -0.2) is 56.7 Å². The molecular formula is C18H29N3O4. The summed E-state index contributed by atoms with van der Waals surface area (Å²) in [5, 5.41) is 3.36. The first-order chi connectivity index (χ1) is 12.2. The number of carbonyl (C=O) groups excluding carboxylic acids is 1. The molecule has 0 saturated carbocycles. The first kappa shape index (κ1) is 19.3. The number of rotatable bonds is 8. The maximum atomic E-state index is 11.8. The Labute approximate surface area is 149 Å². The smallest absolute Gasteiger partial charge is 0.309 e. The molecule has 0 radical (unpaired) electrons. The van der Waals surface area contributed by atoms with Gasteiger partial charge in [0.25, 0.3) is 0 Å². The highest BCUT2D eigenvalue weighted by Gasteiger charge is 2.27. The van der Waals surface area contributed by atoms with Crippen LogP contribution >= 0.6 is 0 Å². The quantitative estimate of drug-likeness (QED) is 0.334. The third kappa shape index (κ3) is 6.42. The van der Waals surface area contributed by atoms with Gasteiger partial charge in [-0.05, 0) is 38.3 Å². The topological polar surface area (TPSA) is 76.3 Å². The van der Waals surface area contributed by atoms with Gasteiger partial charge in [0, 0.05) is 33.3 Å². The Morgan fingerprint density at radius 1 is 1.44 bits per heavy atom. The van der Waals surface area contributed by atoms with Crippen LogP contribution in [0.25, 0.3) is 0 Å². The fraction of sp³-hybridized carbons (Fsp3) is 0.667. The number of guanidine groups is 1. The van der Waals surface area contributed by atoms with E-state index in [0.717, 1.165) is 50.6 Å². The molecule has 1 fully saturated rings. The van der Waals surface area contributed by atoms with Gasteiger partial charge in [-0.15, -0.1) is 0 Å². The van der Waals surface area contributed by atoms with Gasteiger partial charge in [-0.1, -0.05) is 0 Å². The third-order valence-corrected chi connectivity index (χ3v) is 4.20. The van der Waals surface area contributed by atoms with E-state index in [1.54, 1.807) is 13.3 Å². The molecule has 2 heterocycles. The highest BCUT2D eigenvalue weighted by atomic mass is 16.5. The lowest BCUT2D eigenvalue weighted by Gasteiger charge is -2.33. The summed E-state index contributed by atoms with van der Waals surface area (Å²) >= 11 is 0. The monoisotopic (exact) mass is 351 g/mol. The Bertz CT molecular complexity index is 522. The second-order valence-corrected chi connectivity index (χ2v) is 5.97. The molecule has 1 aromatic rings. The molecule has 0 atom stereocenters. The highest BCUT2D eigenvalue weighted by molar-refractivity contribution is 5.80. The SMILES string of the molecule is CCOC(=O)C1CCN(C(=NC)NCCCOCc2ccco2)CC1. The number of aliphatic imine (C=N–C) groups is 1. The molecule has 1 aromatic heterocycles. The van der Waals surface area contributed by atoms with Crippen molar-refractivity contribution in [3.8, 4) is 0 Å². The minimum Gasteiger partial charge on any atom is -0.467 e. The molecule has 1 aliphatic heterocycles. The Balaban J connectivity index is 1.60. The van der Waals surface area contributed by atoms with Gasteiger partial charge in [-0.25, -0.2) is 0 Å². The summed E-state index contributed by atoms with van der Waals surface area (Å²) in [5.41, 5.74) is 0. The average Bonchev–Trinajstić information content (AvgIpc) is 3.15. The van der Waals surface area contributed by atoms with Gasteiger partial charge in [0.15, 0.2) is 5.96 Å². The van der Waals surface area contributed by atoms with Gasteiger partial charge in [0.05, 0.1) is 18.8 Å². The van der Waals surface area contributed by atoms with Gasteiger partial charge in [0.1, 0.15) is 12.4 Å². The molecule has 1 N–H and O–H groups in total. The highest BCUT2D eigenvalue weighted by Crippen LogP contribution is 2.18. The van der Waals surface area contributed by atoms with E-state index in [4.69, 9.17) is 13.9 Å². The van der Waals surface area contributed by atoms with Crippen LogP contribution in [0, 0.1) is 5.92 Å². The van der Waals surface area contributed by atoms with Gasteiger partial charge < -0.3 is 24.1 Å². The number of furan rings is 1. The van der Waals surface area contributed by atoms with Crippen LogP contribution in [0.4, 0.5) is 0 Å². The summed E-state index contributed by atoms with van der Waals surface area (Å²) in [6, 6.07) is 3.76. The largest absolute Gasteiger partial charge is 0.467 e. The Kier molecular flexibility index (Phi) is 8.31. The lowest BCUT2D eigenvalue weighted by molar-refractivity contribution is -0.149. The molecule has 0 spiro atoms. The summed E-state index contributed by atoms with van der Waals surface area (Å²) < 4.78 is 15.9. The Morgan fingerprint density at radius 3 is 2.88 bits per heavy atom. The number of hydrogen-bond donors (Lipinski definition) is 1. The average molecular weight is 351 g/mol. The lowest BCUT2D eigenvalue weighted by atomic mass is 9.97. The summed E-state index contributed by atoms with van der Waals surface area (Å²) in [4.78, 5) is 18.3. The molecule has 1 saturated heterocycles. The second kappa shape index (κ2) is 10.8. The van der Waals surface area contributed by atoms with Crippen LogP contribution < -0.4 is 5.32 Å². The van der Waals surface area contributed by atoms with E-state index in [-0.39, 0.29) is 11.9 Å². The van der Waals surface area contributed by atoms with Crippen molar-refractivity contribution in [1.29, 1.82) is 0 Å². The van der Waals surface area contributed by atoms with Crippen molar-refractivity contribution in [2.75, 3.05) is 39.9 Å². The minimum atomic E-state index is -0.0706. The minimum absolute atomic E-state index is 0.0179.